The Morgan fingerprint density at radius 1 is 1.07 bits per heavy atom. The van der Waals surface area contributed by atoms with Gasteiger partial charge in [-0.25, -0.2) is 4.39 Å². The van der Waals surface area contributed by atoms with Gasteiger partial charge in [0, 0.05) is 18.7 Å². The fourth-order valence-electron chi connectivity index (χ4n) is 3.40. The summed E-state index contributed by atoms with van der Waals surface area (Å²) in [5.74, 6) is 0.250. The lowest BCUT2D eigenvalue weighted by molar-refractivity contribution is 0.409. The maximum atomic E-state index is 14.4. The van der Waals surface area contributed by atoms with Gasteiger partial charge in [0.05, 0.1) is 12.7 Å². The molecule has 0 fully saturated rings. The van der Waals surface area contributed by atoms with E-state index in [0.717, 1.165) is 34.3 Å². The van der Waals surface area contributed by atoms with Gasteiger partial charge in [-0.3, -0.25) is 0 Å². The van der Waals surface area contributed by atoms with Crippen molar-refractivity contribution in [3.05, 3.63) is 88.3 Å². The number of nitrogens with zero attached hydrogens (tertiary/aromatic N) is 3. The van der Waals surface area contributed by atoms with Gasteiger partial charge in [0.25, 0.3) is 0 Å². The van der Waals surface area contributed by atoms with Crippen molar-refractivity contribution in [3.63, 3.8) is 0 Å². The number of aromatic nitrogens is 2. The van der Waals surface area contributed by atoms with E-state index in [1.807, 2.05) is 25.1 Å². The zero-order chi connectivity index (χ0) is 20.2. The molecule has 0 atom stereocenters. The Balaban J connectivity index is 1.49. The van der Waals surface area contributed by atoms with Crippen LogP contribution in [0.3, 0.4) is 0 Å². The number of aryl methyl sites for hydroxylation is 2. The molecule has 0 bridgehead atoms. The summed E-state index contributed by atoms with van der Waals surface area (Å²) in [6.07, 6.45) is 5.78. The van der Waals surface area contributed by atoms with Crippen molar-refractivity contribution in [3.8, 4) is 5.75 Å². The van der Waals surface area contributed by atoms with Crippen LogP contribution in [0.15, 0.2) is 66.4 Å². The SMILES string of the molecule is COc1cccc(F)c1C1=CCN(c2nnc(CCc3ccccc3)s2)C(C)=C1. The third kappa shape index (κ3) is 4.22. The molecule has 0 aliphatic carbocycles. The Kier molecular flexibility index (Phi) is 5.71. The Morgan fingerprint density at radius 2 is 1.90 bits per heavy atom. The van der Waals surface area contributed by atoms with Crippen LogP contribution in [0.5, 0.6) is 5.75 Å². The van der Waals surface area contributed by atoms with Crippen LogP contribution in [0.25, 0.3) is 5.57 Å². The summed E-state index contributed by atoms with van der Waals surface area (Å²) in [7, 11) is 1.56. The van der Waals surface area contributed by atoms with Crippen molar-refractivity contribution in [2.45, 2.75) is 19.8 Å². The first-order valence-corrected chi connectivity index (χ1v) is 10.3. The van der Waals surface area contributed by atoms with Gasteiger partial charge in [0.15, 0.2) is 0 Å². The largest absolute Gasteiger partial charge is 0.496 e. The summed E-state index contributed by atoms with van der Waals surface area (Å²) in [6.45, 7) is 2.62. The quantitative estimate of drug-likeness (QED) is 0.557. The molecule has 0 spiro atoms. The molecule has 1 aromatic heterocycles. The van der Waals surface area contributed by atoms with E-state index in [0.29, 0.717) is 17.9 Å². The molecule has 6 heteroatoms. The number of halogens is 1. The molecule has 3 aromatic rings. The first-order chi connectivity index (χ1) is 14.2. The minimum atomic E-state index is -0.285. The van der Waals surface area contributed by atoms with Crippen LogP contribution in [0, 0.1) is 5.82 Å². The first-order valence-electron chi connectivity index (χ1n) is 9.51. The highest BCUT2D eigenvalue weighted by Crippen LogP contribution is 2.34. The second-order valence-electron chi connectivity index (χ2n) is 6.84. The van der Waals surface area contributed by atoms with Gasteiger partial charge in [-0.2, -0.15) is 0 Å². The predicted octanol–water partition coefficient (Wildman–Crippen LogP) is 5.28. The van der Waals surface area contributed by atoms with Crippen LogP contribution in [0.2, 0.25) is 0 Å². The van der Waals surface area contributed by atoms with E-state index >= 15 is 0 Å². The molecular formula is C23H22FN3OS. The third-order valence-electron chi connectivity index (χ3n) is 4.93. The molecule has 0 unspecified atom stereocenters. The van der Waals surface area contributed by atoms with Crippen LogP contribution in [0.4, 0.5) is 9.52 Å². The van der Waals surface area contributed by atoms with E-state index in [4.69, 9.17) is 4.74 Å². The Hall–Kier alpha value is -2.99. The number of ether oxygens (including phenoxy) is 1. The summed E-state index contributed by atoms with van der Waals surface area (Å²) in [6, 6.07) is 15.3. The maximum absolute atomic E-state index is 14.4. The van der Waals surface area contributed by atoms with Crippen molar-refractivity contribution in [2.24, 2.45) is 0 Å². The molecule has 1 aliphatic heterocycles. The molecule has 29 heavy (non-hydrogen) atoms. The number of benzene rings is 2. The highest BCUT2D eigenvalue weighted by atomic mass is 32.1. The standard InChI is InChI=1S/C23H22FN3OS/c1-16-15-18(22-19(24)9-6-10-20(22)28-2)13-14-27(16)23-26-25-21(29-23)12-11-17-7-4-3-5-8-17/h3-10,13,15H,11-12,14H2,1-2H3. The predicted molar refractivity (Wildman–Crippen MR) is 116 cm³/mol. The molecule has 4 nitrogen and oxygen atoms in total. The number of allylic oxidation sites excluding steroid dienone is 3. The topological polar surface area (TPSA) is 38.2 Å². The molecule has 0 radical (unpaired) electrons. The number of anilines is 1. The third-order valence-corrected chi connectivity index (χ3v) is 5.93. The highest BCUT2D eigenvalue weighted by molar-refractivity contribution is 7.15. The van der Waals surface area contributed by atoms with E-state index in [-0.39, 0.29) is 5.82 Å². The molecular weight excluding hydrogens is 385 g/mol. The first kappa shape index (κ1) is 19.3. The summed E-state index contributed by atoms with van der Waals surface area (Å²) in [5.41, 5.74) is 3.61. The molecule has 0 N–H and O–H groups in total. The lowest BCUT2D eigenvalue weighted by atomic mass is 10.00. The van der Waals surface area contributed by atoms with Gasteiger partial charge in [-0.1, -0.05) is 53.8 Å². The van der Waals surface area contributed by atoms with Crippen LogP contribution in [-0.4, -0.2) is 23.9 Å². The monoisotopic (exact) mass is 407 g/mol. The molecule has 0 saturated carbocycles. The van der Waals surface area contributed by atoms with Gasteiger partial charge in [-0.15, -0.1) is 10.2 Å². The van der Waals surface area contributed by atoms with E-state index in [2.05, 4.69) is 39.4 Å². The molecule has 2 heterocycles. The number of hydrogen-bond acceptors (Lipinski definition) is 5. The molecule has 0 saturated heterocycles. The highest BCUT2D eigenvalue weighted by Gasteiger charge is 2.20. The molecule has 4 rings (SSSR count). The summed E-state index contributed by atoms with van der Waals surface area (Å²) in [4.78, 5) is 2.10. The Bertz CT molecular complexity index is 1060. The normalized spacial score (nSPS) is 13.8. The average Bonchev–Trinajstić information content (AvgIpc) is 3.21. The van der Waals surface area contributed by atoms with Crippen LogP contribution < -0.4 is 9.64 Å². The molecule has 2 aromatic carbocycles. The van der Waals surface area contributed by atoms with Gasteiger partial charge in [-0.05, 0) is 42.7 Å². The lowest BCUT2D eigenvalue weighted by Crippen LogP contribution is -2.23. The fourth-order valence-corrected chi connectivity index (χ4v) is 4.31. The Labute approximate surface area is 174 Å². The van der Waals surface area contributed by atoms with Crippen LogP contribution in [0.1, 0.15) is 23.1 Å². The van der Waals surface area contributed by atoms with Crippen molar-refractivity contribution >= 4 is 22.0 Å². The summed E-state index contributed by atoms with van der Waals surface area (Å²) in [5, 5.41) is 10.6. The summed E-state index contributed by atoms with van der Waals surface area (Å²) >= 11 is 1.61. The number of rotatable bonds is 6. The molecule has 148 valence electrons. The van der Waals surface area contributed by atoms with Gasteiger partial charge in [0.1, 0.15) is 16.6 Å². The summed E-state index contributed by atoms with van der Waals surface area (Å²) < 4.78 is 19.8. The zero-order valence-corrected chi connectivity index (χ0v) is 17.2. The Morgan fingerprint density at radius 3 is 2.66 bits per heavy atom. The van der Waals surface area contributed by atoms with E-state index < -0.39 is 0 Å². The minimum Gasteiger partial charge on any atom is -0.496 e. The van der Waals surface area contributed by atoms with Crippen molar-refractivity contribution in [2.75, 3.05) is 18.6 Å². The minimum absolute atomic E-state index is 0.285. The van der Waals surface area contributed by atoms with E-state index in [1.54, 1.807) is 30.6 Å². The van der Waals surface area contributed by atoms with Crippen molar-refractivity contribution in [1.29, 1.82) is 0 Å². The van der Waals surface area contributed by atoms with Gasteiger partial charge >= 0.3 is 0 Å². The van der Waals surface area contributed by atoms with Crippen LogP contribution >= 0.6 is 11.3 Å². The second-order valence-corrected chi connectivity index (χ2v) is 7.88. The van der Waals surface area contributed by atoms with Crippen molar-refractivity contribution < 1.29 is 9.13 Å². The van der Waals surface area contributed by atoms with E-state index in [1.165, 1.54) is 11.6 Å². The van der Waals surface area contributed by atoms with Crippen molar-refractivity contribution in [1.82, 2.24) is 10.2 Å². The fraction of sp³-hybridized carbons (Fsp3) is 0.217. The maximum Gasteiger partial charge on any atom is 0.212 e. The molecule has 0 amide bonds. The molecule has 1 aliphatic rings. The lowest BCUT2D eigenvalue weighted by Gasteiger charge is -2.25. The second kappa shape index (κ2) is 8.57. The van der Waals surface area contributed by atoms with Gasteiger partial charge < -0.3 is 9.64 Å². The van der Waals surface area contributed by atoms with Gasteiger partial charge in [0.2, 0.25) is 5.13 Å². The zero-order valence-electron chi connectivity index (χ0n) is 16.4. The van der Waals surface area contributed by atoms with Crippen LogP contribution in [-0.2, 0) is 12.8 Å². The number of hydrogen-bond donors (Lipinski definition) is 0. The smallest absolute Gasteiger partial charge is 0.212 e. The average molecular weight is 408 g/mol. The number of methoxy groups -OCH3 is 1. The van der Waals surface area contributed by atoms with E-state index in [9.17, 15) is 4.39 Å².